The average Bonchev–Trinajstić information content (AvgIpc) is 3.03. The summed E-state index contributed by atoms with van der Waals surface area (Å²) >= 11 is 3.46. The minimum absolute atomic E-state index is 0.935. The number of hydrogen-bond donors (Lipinski definition) is 0. The zero-order valence-electron chi connectivity index (χ0n) is 11.1. The van der Waals surface area contributed by atoms with Gasteiger partial charge in [0.05, 0.1) is 5.69 Å². The normalized spacial score (nSPS) is 16.1. The summed E-state index contributed by atoms with van der Waals surface area (Å²) in [7, 11) is 0. The molecule has 1 heterocycles. The number of hydrogen-bond acceptors (Lipinski definition) is 2. The fourth-order valence-corrected chi connectivity index (χ4v) is 2.99. The molecule has 0 N–H and O–H groups in total. The van der Waals surface area contributed by atoms with Gasteiger partial charge >= 0.3 is 0 Å². The molecule has 3 rings (SSSR count). The lowest BCUT2D eigenvalue weighted by Gasteiger charge is -2.08. The Morgan fingerprint density at radius 2 is 1.84 bits per heavy atom. The average molecular weight is 319 g/mol. The van der Waals surface area contributed by atoms with E-state index in [1.165, 1.54) is 31.2 Å². The summed E-state index contributed by atoms with van der Waals surface area (Å²) in [5.74, 6) is 2.58. The summed E-state index contributed by atoms with van der Waals surface area (Å²) in [4.78, 5) is 0. The maximum absolute atomic E-state index is 5.55. The molecule has 1 aliphatic carbocycles. The van der Waals surface area contributed by atoms with Gasteiger partial charge in [-0.2, -0.15) is 0 Å². The summed E-state index contributed by atoms with van der Waals surface area (Å²) in [6, 6.07) is 8.24. The van der Waals surface area contributed by atoms with Crippen LogP contribution in [-0.2, 0) is 6.42 Å². The summed E-state index contributed by atoms with van der Waals surface area (Å²) in [5.41, 5.74) is 3.40. The van der Waals surface area contributed by atoms with Gasteiger partial charge in [-0.25, -0.2) is 0 Å². The van der Waals surface area contributed by atoms with Crippen LogP contribution in [0.25, 0.3) is 11.3 Å². The van der Waals surface area contributed by atoms with Gasteiger partial charge in [0.15, 0.2) is 5.76 Å². The fraction of sp³-hybridized carbons (Fsp3) is 0.375. The molecule has 1 aliphatic rings. The van der Waals surface area contributed by atoms with Gasteiger partial charge in [0, 0.05) is 15.6 Å². The molecule has 0 amide bonds. The van der Waals surface area contributed by atoms with E-state index in [9.17, 15) is 0 Å². The van der Waals surface area contributed by atoms with Crippen LogP contribution in [0.3, 0.4) is 0 Å². The van der Waals surface area contributed by atoms with Gasteiger partial charge in [0.2, 0.25) is 0 Å². The predicted octanol–water partition coefficient (Wildman–Crippen LogP) is 5.10. The maximum atomic E-state index is 5.55. The Morgan fingerprint density at radius 1 is 1.16 bits per heavy atom. The lowest BCUT2D eigenvalue weighted by Crippen LogP contribution is -1.98. The van der Waals surface area contributed by atoms with Crippen molar-refractivity contribution >= 4 is 15.9 Å². The van der Waals surface area contributed by atoms with Gasteiger partial charge in [0.1, 0.15) is 0 Å². The van der Waals surface area contributed by atoms with Crippen molar-refractivity contribution in [1.82, 2.24) is 5.16 Å². The van der Waals surface area contributed by atoms with Crippen molar-refractivity contribution in [3.8, 4) is 11.3 Å². The molecule has 19 heavy (non-hydrogen) atoms. The number of rotatable bonds is 3. The van der Waals surface area contributed by atoms with Crippen LogP contribution in [0.4, 0.5) is 0 Å². The molecule has 1 fully saturated rings. The molecule has 0 unspecified atom stereocenters. The van der Waals surface area contributed by atoms with E-state index in [1.54, 1.807) is 5.92 Å². The van der Waals surface area contributed by atoms with E-state index < -0.39 is 0 Å². The summed E-state index contributed by atoms with van der Waals surface area (Å²) in [6.07, 6.45) is 6.25. The zero-order valence-corrected chi connectivity index (χ0v) is 12.7. The molecular weight excluding hydrogens is 302 g/mol. The molecule has 0 atom stereocenters. The van der Waals surface area contributed by atoms with Crippen molar-refractivity contribution < 1.29 is 4.52 Å². The molecule has 1 aromatic heterocycles. The van der Waals surface area contributed by atoms with Gasteiger partial charge in [-0.3, -0.25) is 0 Å². The van der Waals surface area contributed by atoms with E-state index in [4.69, 9.17) is 4.52 Å². The first-order chi connectivity index (χ1) is 9.24. The first-order valence-electron chi connectivity index (χ1n) is 6.78. The lowest BCUT2D eigenvalue weighted by atomic mass is 9.95. The third-order valence-corrected chi connectivity index (χ3v) is 4.36. The second kappa shape index (κ2) is 5.49. The quantitative estimate of drug-likeness (QED) is 0.786. The molecule has 1 aromatic carbocycles. The molecular formula is C16H17BrNO. The van der Waals surface area contributed by atoms with Crippen LogP contribution in [0.2, 0.25) is 0 Å². The number of aromatic nitrogens is 1. The summed E-state index contributed by atoms with van der Waals surface area (Å²) in [6.45, 7) is 2.04. The van der Waals surface area contributed by atoms with E-state index in [-0.39, 0.29) is 0 Å². The van der Waals surface area contributed by atoms with Crippen molar-refractivity contribution in [2.24, 2.45) is 0 Å². The maximum Gasteiger partial charge on any atom is 0.170 e. The largest absolute Gasteiger partial charge is 0.356 e. The number of aryl methyl sites for hydroxylation is 1. The molecule has 0 saturated heterocycles. The van der Waals surface area contributed by atoms with E-state index in [1.807, 2.05) is 19.1 Å². The van der Waals surface area contributed by atoms with E-state index in [0.717, 1.165) is 27.9 Å². The smallest absolute Gasteiger partial charge is 0.170 e. The SMILES string of the molecule is Cc1noc(-c2ccc(Br)cc2)c1C[C]1CCCC1. The standard InChI is InChI=1S/C16H17BrNO/c1-11-15(10-12-4-2-3-5-12)16(19-18-11)13-6-8-14(17)9-7-13/h6-9H,2-5,10H2,1H3. The lowest BCUT2D eigenvalue weighted by molar-refractivity contribution is 0.426. The third-order valence-electron chi connectivity index (χ3n) is 3.83. The molecule has 3 heteroatoms. The zero-order chi connectivity index (χ0) is 13.2. The fourth-order valence-electron chi connectivity index (χ4n) is 2.73. The highest BCUT2D eigenvalue weighted by molar-refractivity contribution is 9.10. The molecule has 1 saturated carbocycles. The first kappa shape index (κ1) is 12.9. The van der Waals surface area contributed by atoms with Gasteiger partial charge in [-0.15, -0.1) is 0 Å². The van der Waals surface area contributed by atoms with Crippen molar-refractivity contribution in [2.75, 3.05) is 0 Å². The molecule has 99 valence electrons. The Labute approximate surface area is 122 Å². The van der Waals surface area contributed by atoms with E-state index in [2.05, 4.69) is 33.2 Å². The summed E-state index contributed by atoms with van der Waals surface area (Å²) < 4.78 is 6.64. The highest BCUT2D eigenvalue weighted by atomic mass is 79.9. The van der Waals surface area contributed by atoms with Gasteiger partial charge in [0.25, 0.3) is 0 Å². The molecule has 1 radical (unpaired) electrons. The molecule has 2 nitrogen and oxygen atoms in total. The molecule has 0 aliphatic heterocycles. The van der Waals surface area contributed by atoms with Crippen LogP contribution in [0.5, 0.6) is 0 Å². The Morgan fingerprint density at radius 3 is 2.53 bits per heavy atom. The molecule has 0 spiro atoms. The summed E-state index contributed by atoms with van der Waals surface area (Å²) in [5, 5.41) is 4.16. The second-order valence-electron chi connectivity index (χ2n) is 5.22. The highest BCUT2D eigenvalue weighted by Gasteiger charge is 2.22. The van der Waals surface area contributed by atoms with Crippen molar-refractivity contribution in [1.29, 1.82) is 0 Å². The third kappa shape index (κ3) is 2.76. The number of benzene rings is 1. The minimum atomic E-state index is 0.935. The molecule has 2 aromatic rings. The minimum Gasteiger partial charge on any atom is -0.356 e. The first-order valence-corrected chi connectivity index (χ1v) is 7.58. The monoisotopic (exact) mass is 318 g/mol. The van der Waals surface area contributed by atoms with E-state index >= 15 is 0 Å². The van der Waals surface area contributed by atoms with Crippen molar-refractivity contribution in [2.45, 2.75) is 39.0 Å². The van der Waals surface area contributed by atoms with Gasteiger partial charge in [-0.05, 0) is 44.2 Å². The highest BCUT2D eigenvalue weighted by Crippen LogP contribution is 2.35. The number of nitrogens with zero attached hydrogens (tertiary/aromatic N) is 1. The number of halogens is 1. The van der Waals surface area contributed by atoms with Crippen LogP contribution in [0, 0.1) is 12.8 Å². The Hall–Kier alpha value is -1.09. The van der Waals surface area contributed by atoms with Crippen LogP contribution in [-0.4, -0.2) is 5.16 Å². The second-order valence-corrected chi connectivity index (χ2v) is 6.13. The van der Waals surface area contributed by atoms with Crippen LogP contribution in [0.1, 0.15) is 36.9 Å². The van der Waals surface area contributed by atoms with Crippen molar-refractivity contribution in [3.63, 3.8) is 0 Å². The topological polar surface area (TPSA) is 26.0 Å². The predicted molar refractivity (Wildman–Crippen MR) is 79.8 cm³/mol. The Kier molecular flexibility index (Phi) is 3.74. The molecule has 0 bridgehead atoms. The van der Waals surface area contributed by atoms with E-state index in [0.29, 0.717) is 0 Å². The van der Waals surface area contributed by atoms with Gasteiger partial charge in [-0.1, -0.05) is 46.1 Å². The van der Waals surface area contributed by atoms with Crippen LogP contribution in [0.15, 0.2) is 33.3 Å². The van der Waals surface area contributed by atoms with Crippen LogP contribution < -0.4 is 0 Å². The van der Waals surface area contributed by atoms with Crippen molar-refractivity contribution in [3.05, 3.63) is 45.9 Å². The Balaban J connectivity index is 1.91. The van der Waals surface area contributed by atoms with Crippen LogP contribution >= 0.6 is 15.9 Å². The van der Waals surface area contributed by atoms with Gasteiger partial charge < -0.3 is 4.52 Å². The Bertz CT molecular complexity index is 553.